The van der Waals surface area contributed by atoms with Gasteiger partial charge in [-0.2, -0.15) is 11.8 Å². The number of hydrogen-bond donors (Lipinski definition) is 2. The van der Waals surface area contributed by atoms with E-state index in [0.29, 0.717) is 5.75 Å². The lowest BCUT2D eigenvalue weighted by molar-refractivity contribution is -0.117. The zero-order valence-electron chi connectivity index (χ0n) is 9.30. The van der Waals surface area contributed by atoms with Gasteiger partial charge >= 0.3 is 0 Å². The highest BCUT2D eigenvalue weighted by atomic mass is 79.9. The van der Waals surface area contributed by atoms with Crippen LogP contribution in [0.25, 0.3) is 0 Å². The molecule has 1 aromatic carbocycles. The lowest BCUT2D eigenvalue weighted by atomic mass is 10.2. The van der Waals surface area contributed by atoms with Crippen molar-refractivity contribution < 1.29 is 13.6 Å². The first-order valence-electron chi connectivity index (χ1n) is 5.34. The topological polar surface area (TPSA) is 41.1 Å². The average molecular weight is 337 g/mol. The molecule has 0 spiro atoms. The van der Waals surface area contributed by atoms with Crippen molar-refractivity contribution in [3.05, 3.63) is 28.2 Å². The van der Waals surface area contributed by atoms with Gasteiger partial charge in [-0.25, -0.2) is 8.78 Å². The zero-order chi connectivity index (χ0) is 13.1. The standard InChI is InChI=1S/C11H11BrF2N2OS/c12-6-3-9(8(14)4-7(6)13)16-11(17)10-5-18-2-1-15-10/h3-4,10,15H,1-2,5H2,(H,16,17). The van der Waals surface area contributed by atoms with Crippen molar-refractivity contribution in [3.63, 3.8) is 0 Å². The highest BCUT2D eigenvalue weighted by Gasteiger charge is 2.22. The summed E-state index contributed by atoms with van der Waals surface area (Å²) in [6, 6.07) is 1.62. The van der Waals surface area contributed by atoms with Crippen LogP contribution in [0.15, 0.2) is 16.6 Å². The van der Waals surface area contributed by atoms with Gasteiger partial charge in [0.15, 0.2) is 0 Å². The van der Waals surface area contributed by atoms with Gasteiger partial charge in [0.1, 0.15) is 11.6 Å². The van der Waals surface area contributed by atoms with Gasteiger partial charge in [0.25, 0.3) is 0 Å². The van der Waals surface area contributed by atoms with Gasteiger partial charge in [0.2, 0.25) is 5.91 Å². The number of benzene rings is 1. The Morgan fingerprint density at radius 3 is 2.89 bits per heavy atom. The second-order valence-corrected chi connectivity index (χ2v) is 5.82. The van der Waals surface area contributed by atoms with E-state index < -0.39 is 11.6 Å². The second kappa shape index (κ2) is 5.99. The van der Waals surface area contributed by atoms with E-state index in [2.05, 4.69) is 26.6 Å². The molecule has 1 unspecified atom stereocenters. The molecule has 98 valence electrons. The molecule has 1 aromatic rings. The quantitative estimate of drug-likeness (QED) is 0.814. The minimum absolute atomic E-state index is 0.0225. The Kier molecular flexibility index (Phi) is 4.58. The first kappa shape index (κ1) is 13.8. The Morgan fingerprint density at radius 1 is 1.44 bits per heavy atom. The van der Waals surface area contributed by atoms with Gasteiger partial charge in [0, 0.05) is 24.1 Å². The fourth-order valence-corrected chi connectivity index (χ4v) is 2.85. The van der Waals surface area contributed by atoms with E-state index in [1.54, 1.807) is 11.8 Å². The van der Waals surface area contributed by atoms with E-state index in [1.807, 2.05) is 0 Å². The normalized spacial score (nSPS) is 19.6. The highest BCUT2D eigenvalue weighted by molar-refractivity contribution is 9.10. The van der Waals surface area contributed by atoms with E-state index in [1.165, 1.54) is 6.07 Å². The number of rotatable bonds is 2. The van der Waals surface area contributed by atoms with Gasteiger partial charge in [0.05, 0.1) is 16.2 Å². The van der Waals surface area contributed by atoms with Crippen molar-refractivity contribution in [1.82, 2.24) is 5.32 Å². The molecule has 2 rings (SSSR count). The number of anilines is 1. The summed E-state index contributed by atoms with van der Waals surface area (Å²) < 4.78 is 26.6. The largest absolute Gasteiger partial charge is 0.322 e. The van der Waals surface area contributed by atoms with E-state index in [-0.39, 0.29) is 22.1 Å². The molecule has 18 heavy (non-hydrogen) atoms. The van der Waals surface area contributed by atoms with E-state index in [9.17, 15) is 13.6 Å². The summed E-state index contributed by atoms with van der Waals surface area (Å²) in [6.07, 6.45) is 0. The molecule has 0 radical (unpaired) electrons. The summed E-state index contributed by atoms with van der Waals surface area (Å²) in [5.41, 5.74) is -0.0225. The van der Waals surface area contributed by atoms with Crippen LogP contribution in [-0.2, 0) is 4.79 Å². The predicted octanol–water partition coefficient (Wildman–Crippen LogP) is 2.37. The summed E-state index contributed by atoms with van der Waals surface area (Å²) >= 11 is 4.62. The van der Waals surface area contributed by atoms with E-state index in [0.717, 1.165) is 18.4 Å². The third-order valence-electron chi connectivity index (χ3n) is 2.51. The molecule has 3 nitrogen and oxygen atoms in total. The molecular formula is C11H11BrF2N2OS. The van der Waals surface area contributed by atoms with Crippen molar-refractivity contribution in [2.45, 2.75) is 6.04 Å². The van der Waals surface area contributed by atoms with Crippen LogP contribution in [0.4, 0.5) is 14.5 Å². The Morgan fingerprint density at radius 2 is 2.22 bits per heavy atom. The molecule has 1 saturated heterocycles. The summed E-state index contributed by atoms with van der Waals surface area (Å²) in [4.78, 5) is 11.9. The third-order valence-corrected chi connectivity index (χ3v) is 4.18. The monoisotopic (exact) mass is 336 g/mol. The van der Waals surface area contributed by atoms with Crippen LogP contribution in [0, 0.1) is 11.6 Å². The maximum atomic E-state index is 13.5. The maximum Gasteiger partial charge on any atom is 0.242 e. The number of hydrogen-bond acceptors (Lipinski definition) is 3. The van der Waals surface area contributed by atoms with Gasteiger partial charge in [-0.1, -0.05) is 0 Å². The Labute approximate surface area is 116 Å². The smallest absolute Gasteiger partial charge is 0.242 e. The van der Waals surface area contributed by atoms with Crippen LogP contribution < -0.4 is 10.6 Å². The Balaban J connectivity index is 2.08. The number of nitrogens with one attached hydrogen (secondary N) is 2. The summed E-state index contributed by atoms with van der Waals surface area (Å²) in [5, 5.41) is 5.50. The van der Waals surface area contributed by atoms with Gasteiger partial charge in [-0.15, -0.1) is 0 Å². The predicted molar refractivity (Wildman–Crippen MR) is 71.8 cm³/mol. The van der Waals surface area contributed by atoms with Crippen LogP contribution >= 0.6 is 27.7 Å². The summed E-state index contributed by atoms with van der Waals surface area (Å²) in [6.45, 7) is 0.748. The maximum absolute atomic E-state index is 13.5. The number of halogens is 3. The van der Waals surface area contributed by atoms with Crippen LogP contribution in [-0.4, -0.2) is 30.0 Å². The average Bonchev–Trinajstić information content (AvgIpc) is 2.37. The molecule has 0 saturated carbocycles. The molecule has 0 aliphatic carbocycles. The first-order chi connectivity index (χ1) is 8.58. The molecule has 0 aromatic heterocycles. The van der Waals surface area contributed by atoms with Crippen LogP contribution in [0.5, 0.6) is 0 Å². The summed E-state index contributed by atoms with van der Waals surface area (Å²) in [7, 11) is 0. The number of amides is 1. The lowest BCUT2D eigenvalue weighted by Gasteiger charge is -2.22. The second-order valence-electron chi connectivity index (χ2n) is 3.82. The fourth-order valence-electron chi connectivity index (χ4n) is 1.57. The highest BCUT2D eigenvalue weighted by Crippen LogP contribution is 2.24. The molecule has 1 fully saturated rings. The van der Waals surface area contributed by atoms with Gasteiger partial charge in [-0.05, 0) is 22.0 Å². The number of carbonyl (C=O) groups is 1. The van der Waals surface area contributed by atoms with Crippen molar-refractivity contribution in [1.29, 1.82) is 0 Å². The Hall–Kier alpha value is -0.660. The van der Waals surface area contributed by atoms with Crippen LogP contribution in [0.1, 0.15) is 0 Å². The first-order valence-corrected chi connectivity index (χ1v) is 7.29. The SMILES string of the molecule is O=C(Nc1cc(Br)c(F)cc1F)C1CSCCN1. The Bertz CT molecular complexity index is 467. The molecular weight excluding hydrogens is 326 g/mol. The van der Waals surface area contributed by atoms with Crippen molar-refractivity contribution in [2.24, 2.45) is 0 Å². The van der Waals surface area contributed by atoms with Gasteiger partial charge < -0.3 is 10.6 Å². The molecule has 1 atom stereocenters. The van der Waals surface area contributed by atoms with E-state index >= 15 is 0 Å². The number of carbonyl (C=O) groups excluding carboxylic acids is 1. The van der Waals surface area contributed by atoms with Crippen molar-refractivity contribution in [3.8, 4) is 0 Å². The molecule has 0 bridgehead atoms. The zero-order valence-corrected chi connectivity index (χ0v) is 11.7. The lowest BCUT2D eigenvalue weighted by Crippen LogP contribution is -2.46. The van der Waals surface area contributed by atoms with Crippen LogP contribution in [0.2, 0.25) is 0 Å². The molecule has 1 heterocycles. The minimum atomic E-state index is -0.785. The van der Waals surface area contributed by atoms with Crippen molar-refractivity contribution >= 4 is 39.3 Å². The van der Waals surface area contributed by atoms with Crippen molar-refractivity contribution in [2.75, 3.05) is 23.4 Å². The molecule has 2 N–H and O–H groups in total. The molecule has 7 heteroatoms. The third kappa shape index (κ3) is 3.21. The molecule has 1 amide bonds. The molecule has 1 aliphatic rings. The fraction of sp³-hybridized carbons (Fsp3) is 0.364. The minimum Gasteiger partial charge on any atom is -0.322 e. The summed E-state index contributed by atoms with van der Waals surface area (Å²) in [5.74, 6) is -0.181. The molecule has 1 aliphatic heterocycles. The van der Waals surface area contributed by atoms with E-state index in [4.69, 9.17) is 0 Å². The van der Waals surface area contributed by atoms with Crippen LogP contribution in [0.3, 0.4) is 0 Å². The van der Waals surface area contributed by atoms with Gasteiger partial charge in [-0.3, -0.25) is 4.79 Å². The number of thioether (sulfide) groups is 1.